The van der Waals surface area contributed by atoms with Crippen molar-refractivity contribution in [2.24, 2.45) is 0 Å². The molecule has 3 aliphatic heterocycles. The molecule has 10 heteroatoms. The number of nitrogens with one attached hydrogen (secondary N) is 2. The number of rotatable bonds is 15. The van der Waals surface area contributed by atoms with Crippen molar-refractivity contribution in [2.75, 3.05) is 49.1 Å². The number of likely N-dealkylation sites (tertiary alicyclic amines) is 2. The molecule has 3 aliphatic rings. The zero-order valence-electron chi connectivity index (χ0n) is 29.1. The molecule has 3 aromatic rings. The van der Waals surface area contributed by atoms with Crippen LogP contribution < -0.4 is 16.4 Å². The van der Waals surface area contributed by atoms with Crippen LogP contribution in [-0.2, 0) is 25.7 Å². The average molecular weight is 684 g/mol. The third kappa shape index (κ3) is 10.1. The lowest BCUT2D eigenvalue weighted by atomic mass is 9.99. The first-order chi connectivity index (χ1) is 24.4. The molecule has 0 radical (unpaired) electrons. The second kappa shape index (κ2) is 17.9. The van der Waals surface area contributed by atoms with Crippen molar-refractivity contribution in [3.63, 3.8) is 0 Å². The molecule has 0 aromatic heterocycles. The SMILES string of the molecule is Nc1ccccc1NC(=O)CCCCCC(=O)Nc1ccc([C@H]2O[C@@H](CN3CCC[C@H]3CN3CCCC3)C[C@@H](c3ccc(CO)cc3)O2)cc1. The van der Waals surface area contributed by atoms with Crippen LogP contribution >= 0.6 is 0 Å². The van der Waals surface area contributed by atoms with Crippen LogP contribution in [-0.4, -0.2) is 71.6 Å². The molecule has 0 unspecified atom stereocenters. The fourth-order valence-electron chi connectivity index (χ4n) is 7.42. The molecule has 3 fully saturated rings. The van der Waals surface area contributed by atoms with E-state index in [0.29, 0.717) is 43.1 Å². The fourth-order valence-corrected chi connectivity index (χ4v) is 7.42. The van der Waals surface area contributed by atoms with E-state index in [1.54, 1.807) is 12.1 Å². The van der Waals surface area contributed by atoms with Gasteiger partial charge in [-0.1, -0.05) is 55.0 Å². The molecular weight excluding hydrogens is 630 g/mol. The Kier molecular flexibility index (Phi) is 12.9. The van der Waals surface area contributed by atoms with Crippen molar-refractivity contribution in [1.82, 2.24) is 9.80 Å². The fraction of sp³-hybridized carbons (Fsp3) is 0.500. The lowest BCUT2D eigenvalue weighted by molar-refractivity contribution is -0.253. The summed E-state index contributed by atoms with van der Waals surface area (Å²) in [6, 6.07) is 23.5. The quantitative estimate of drug-likeness (QED) is 0.107. The maximum Gasteiger partial charge on any atom is 0.224 e. The molecule has 268 valence electrons. The van der Waals surface area contributed by atoms with Gasteiger partial charge in [-0.3, -0.25) is 14.5 Å². The predicted octanol–water partition coefficient (Wildman–Crippen LogP) is 6.39. The average Bonchev–Trinajstić information content (AvgIpc) is 3.82. The highest BCUT2D eigenvalue weighted by Gasteiger charge is 2.36. The molecule has 6 rings (SSSR count). The van der Waals surface area contributed by atoms with Crippen molar-refractivity contribution >= 4 is 28.9 Å². The van der Waals surface area contributed by atoms with Crippen LogP contribution in [0.4, 0.5) is 17.1 Å². The van der Waals surface area contributed by atoms with E-state index in [0.717, 1.165) is 54.9 Å². The Hall–Kier alpha value is -3.80. The van der Waals surface area contributed by atoms with Gasteiger partial charge in [0, 0.05) is 49.6 Å². The van der Waals surface area contributed by atoms with Gasteiger partial charge in [-0.05, 0) is 93.6 Å². The summed E-state index contributed by atoms with van der Waals surface area (Å²) in [5, 5.41) is 15.4. The van der Waals surface area contributed by atoms with Gasteiger partial charge in [0.05, 0.1) is 30.2 Å². The maximum atomic E-state index is 12.7. The second-order valence-electron chi connectivity index (χ2n) is 14.0. The first-order valence-electron chi connectivity index (χ1n) is 18.4. The van der Waals surface area contributed by atoms with Crippen molar-refractivity contribution in [3.05, 3.63) is 89.5 Å². The Morgan fingerprint density at radius 1 is 0.780 bits per heavy atom. The van der Waals surface area contributed by atoms with Crippen LogP contribution in [0.25, 0.3) is 0 Å². The van der Waals surface area contributed by atoms with Gasteiger partial charge in [0.1, 0.15) is 0 Å². The molecule has 3 heterocycles. The number of anilines is 3. The summed E-state index contributed by atoms with van der Waals surface area (Å²) >= 11 is 0. The molecule has 50 heavy (non-hydrogen) atoms. The zero-order chi connectivity index (χ0) is 34.7. The number of nitrogen functional groups attached to an aromatic ring is 1. The summed E-state index contributed by atoms with van der Waals surface area (Å²) in [7, 11) is 0. The first kappa shape index (κ1) is 36.0. The van der Waals surface area contributed by atoms with Gasteiger partial charge in [-0.25, -0.2) is 0 Å². The lowest BCUT2D eigenvalue weighted by Crippen LogP contribution is -2.45. The van der Waals surface area contributed by atoms with Crippen molar-refractivity contribution < 1.29 is 24.2 Å². The lowest BCUT2D eigenvalue weighted by Gasteiger charge is -2.39. The molecule has 3 aromatic carbocycles. The summed E-state index contributed by atoms with van der Waals surface area (Å²) in [4.78, 5) is 30.2. The normalized spacial score (nSPS) is 22.8. The van der Waals surface area contributed by atoms with Crippen molar-refractivity contribution in [3.8, 4) is 0 Å². The minimum absolute atomic E-state index is 0.0115. The maximum absolute atomic E-state index is 12.7. The number of hydrogen-bond donors (Lipinski definition) is 4. The van der Waals surface area contributed by atoms with Crippen LogP contribution in [0.3, 0.4) is 0 Å². The largest absolute Gasteiger partial charge is 0.397 e. The summed E-state index contributed by atoms with van der Waals surface area (Å²) in [6.45, 7) is 5.58. The van der Waals surface area contributed by atoms with Gasteiger partial charge in [0.2, 0.25) is 11.8 Å². The van der Waals surface area contributed by atoms with E-state index in [9.17, 15) is 14.7 Å². The Labute approximate surface area is 296 Å². The monoisotopic (exact) mass is 683 g/mol. The van der Waals surface area contributed by atoms with Crippen LogP contribution in [0, 0.1) is 0 Å². The Morgan fingerprint density at radius 2 is 1.48 bits per heavy atom. The van der Waals surface area contributed by atoms with Crippen LogP contribution in [0.5, 0.6) is 0 Å². The van der Waals surface area contributed by atoms with Crippen LogP contribution in [0.15, 0.2) is 72.8 Å². The number of carbonyl (C=O) groups excluding carboxylic acids is 2. The number of ether oxygens (including phenoxy) is 2. The molecule has 2 amide bonds. The van der Waals surface area contributed by atoms with Crippen LogP contribution in [0.2, 0.25) is 0 Å². The van der Waals surface area contributed by atoms with Gasteiger partial charge < -0.3 is 35.8 Å². The molecule has 0 aliphatic carbocycles. The van der Waals surface area contributed by atoms with Gasteiger partial charge >= 0.3 is 0 Å². The first-order valence-corrected chi connectivity index (χ1v) is 18.4. The minimum atomic E-state index is -0.531. The Morgan fingerprint density at radius 3 is 2.20 bits per heavy atom. The van der Waals surface area contributed by atoms with E-state index in [-0.39, 0.29) is 30.6 Å². The highest BCUT2D eigenvalue weighted by atomic mass is 16.7. The number of aliphatic hydroxyl groups excluding tert-OH is 1. The van der Waals surface area contributed by atoms with E-state index < -0.39 is 6.29 Å². The number of aliphatic hydroxyl groups is 1. The highest BCUT2D eigenvalue weighted by Crippen LogP contribution is 2.39. The molecule has 4 atom stereocenters. The standard InChI is InChI=1S/C40H53N5O5/c41-35-10-4-5-11-36(35)43-39(48)13-3-1-2-12-38(47)42-32-20-18-31(19-21-32)40-49-34(25-37(50-40)30-16-14-29(28-46)15-17-30)27-45-24-8-9-33(45)26-44-22-6-7-23-44/h4-5,10-11,14-21,33-34,37,40,46H,1-3,6-9,12-13,22-28,41H2,(H,42,47)(H,43,48)/t33-,34+,37-,40-/m0/s1. The minimum Gasteiger partial charge on any atom is -0.397 e. The van der Waals surface area contributed by atoms with Gasteiger partial charge in [0.15, 0.2) is 6.29 Å². The predicted molar refractivity (Wildman–Crippen MR) is 196 cm³/mol. The van der Waals surface area contributed by atoms with E-state index in [2.05, 4.69) is 32.6 Å². The summed E-state index contributed by atoms with van der Waals surface area (Å²) in [5.74, 6) is -0.127. The number of para-hydroxylation sites is 2. The molecule has 10 nitrogen and oxygen atoms in total. The molecule has 3 saturated heterocycles. The smallest absolute Gasteiger partial charge is 0.224 e. The van der Waals surface area contributed by atoms with E-state index in [1.807, 2.05) is 48.5 Å². The van der Waals surface area contributed by atoms with E-state index >= 15 is 0 Å². The van der Waals surface area contributed by atoms with E-state index in [1.165, 1.54) is 38.8 Å². The van der Waals surface area contributed by atoms with Gasteiger partial charge in [-0.15, -0.1) is 0 Å². The number of unbranched alkanes of at least 4 members (excludes halogenated alkanes) is 2. The zero-order valence-corrected chi connectivity index (χ0v) is 29.1. The third-order valence-corrected chi connectivity index (χ3v) is 10.2. The number of nitrogens with zero attached hydrogens (tertiary/aromatic N) is 2. The molecule has 0 spiro atoms. The summed E-state index contributed by atoms with van der Waals surface area (Å²) in [5.41, 5.74) is 10.7. The van der Waals surface area contributed by atoms with Crippen molar-refractivity contribution in [2.45, 2.75) is 95.4 Å². The third-order valence-electron chi connectivity index (χ3n) is 10.2. The number of nitrogens with two attached hydrogens (primary N) is 1. The van der Waals surface area contributed by atoms with Gasteiger partial charge in [0.25, 0.3) is 0 Å². The highest BCUT2D eigenvalue weighted by molar-refractivity contribution is 5.93. The molecule has 5 N–H and O–H groups in total. The Balaban J connectivity index is 1.00. The molecule has 0 saturated carbocycles. The van der Waals surface area contributed by atoms with Gasteiger partial charge in [-0.2, -0.15) is 0 Å². The number of hydrogen-bond acceptors (Lipinski definition) is 8. The topological polar surface area (TPSA) is 129 Å². The second-order valence-corrected chi connectivity index (χ2v) is 14.0. The van der Waals surface area contributed by atoms with Crippen molar-refractivity contribution in [1.29, 1.82) is 0 Å². The van der Waals surface area contributed by atoms with E-state index in [4.69, 9.17) is 15.2 Å². The summed E-state index contributed by atoms with van der Waals surface area (Å²) < 4.78 is 13.2. The summed E-state index contributed by atoms with van der Waals surface area (Å²) in [6.07, 6.45) is 8.16. The van der Waals surface area contributed by atoms with Crippen LogP contribution in [0.1, 0.15) is 93.3 Å². The number of benzene rings is 3. The number of amides is 2. The molecular formula is C40H53N5O5. The molecule has 0 bridgehead atoms. The number of carbonyl (C=O) groups is 2. The Bertz CT molecular complexity index is 1530.